The van der Waals surface area contributed by atoms with Gasteiger partial charge in [-0.1, -0.05) is 41.4 Å². The van der Waals surface area contributed by atoms with Crippen LogP contribution in [0.15, 0.2) is 60.7 Å². The third-order valence-electron chi connectivity index (χ3n) is 5.28. The summed E-state index contributed by atoms with van der Waals surface area (Å²) in [7, 11) is 1.59. The van der Waals surface area contributed by atoms with Gasteiger partial charge in [-0.15, -0.1) is 0 Å². The van der Waals surface area contributed by atoms with Gasteiger partial charge < -0.3 is 9.84 Å². The lowest BCUT2D eigenvalue weighted by molar-refractivity contribution is -0.137. The second kappa shape index (κ2) is 9.53. The Kier molecular flexibility index (Phi) is 6.66. The highest BCUT2D eigenvalue weighted by atomic mass is 35.5. The fourth-order valence-electron chi connectivity index (χ4n) is 3.59. The number of halogens is 5. The van der Waals surface area contributed by atoms with E-state index in [0.29, 0.717) is 10.7 Å². The number of benzene rings is 3. The maximum absolute atomic E-state index is 13.6. The van der Waals surface area contributed by atoms with Crippen LogP contribution in [-0.2, 0) is 19.8 Å². The van der Waals surface area contributed by atoms with Crippen LogP contribution in [0.5, 0.6) is 11.5 Å². The molecule has 4 rings (SSSR count). The molecule has 1 heterocycles. The second-order valence-corrected chi connectivity index (χ2v) is 8.44. The van der Waals surface area contributed by atoms with Gasteiger partial charge >= 0.3 is 6.18 Å². The molecule has 0 aliphatic rings. The second-order valence-electron chi connectivity index (χ2n) is 7.59. The predicted molar refractivity (Wildman–Crippen MR) is 126 cm³/mol. The van der Waals surface area contributed by atoms with Crippen molar-refractivity contribution in [3.8, 4) is 40.0 Å². The number of nitriles is 1. The number of aryl methyl sites for hydroxylation is 1. The number of hydrogen-bond donors (Lipinski definition) is 1. The average molecular weight is 518 g/mol. The molecule has 0 radical (unpaired) electrons. The highest BCUT2D eigenvalue weighted by molar-refractivity contribution is 6.31. The number of alkyl halides is 3. The first-order valence-corrected chi connectivity index (χ1v) is 10.9. The molecule has 0 amide bonds. The maximum Gasteiger partial charge on any atom is 0.417 e. The number of hydrogen-bond acceptors (Lipinski definition) is 4. The number of ether oxygens (including phenoxy) is 1. The van der Waals surface area contributed by atoms with Crippen LogP contribution < -0.4 is 4.74 Å². The summed E-state index contributed by atoms with van der Waals surface area (Å²) in [5.41, 5.74) is 0.595. The maximum atomic E-state index is 13.6. The number of rotatable bonds is 5. The lowest BCUT2D eigenvalue weighted by Crippen LogP contribution is -2.06. The summed E-state index contributed by atoms with van der Waals surface area (Å²) in [6.45, 7) is 0.0764. The molecule has 0 bridgehead atoms. The molecule has 35 heavy (non-hydrogen) atoms. The molecule has 0 atom stereocenters. The first kappa shape index (κ1) is 24.5. The van der Waals surface area contributed by atoms with E-state index in [4.69, 9.17) is 33.2 Å². The van der Waals surface area contributed by atoms with E-state index in [9.17, 15) is 18.3 Å². The predicted octanol–water partition coefficient (Wildman–Crippen LogP) is 7.24. The van der Waals surface area contributed by atoms with Crippen molar-refractivity contribution in [1.29, 1.82) is 5.26 Å². The molecule has 10 heteroatoms. The van der Waals surface area contributed by atoms with Crippen molar-refractivity contribution in [2.45, 2.75) is 12.8 Å². The zero-order valence-electron chi connectivity index (χ0n) is 18.1. The van der Waals surface area contributed by atoms with Crippen LogP contribution in [0.3, 0.4) is 0 Å². The van der Waals surface area contributed by atoms with Crippen molar-refractivity contribution in [2.24, 2.45) is 7.05 Å². The minimum Gasteiger partial charge on any atom is -0.506 e. The lowest BCUT2D eigenvalue weighted by Gasteiger charge is -2.18. The van der Waals surface area contributed by atoms with Crippen LogP contribution >= 0.6 is 23.2 Å². The third kappa shape index (κ3) is 5.06. The van der Waals surface area contributed by atoms with Crippen LogP contribution in [0, 0.1) is 11.3 Å². The monoisotopic (exact) mass is 517 g/mol. The Bertz CT molecular complexity index is 1440. The van der Waals surface area contributed by atoms with Crippen molar-refractivity contribution < 1.29 is 23.0 Å². The smallest absolute Gasteiger partial charge is 0.417 e. The van der Waals surface area contributed by atoms with Gasteiger partial charge in [0.15, 0.2) is 5.69 Å². The van der Waals surface area contributed by atoms with Gasteiger partial charge in [-0.2, -0.15) is 23.5 Å². The molecular weight excluding hydrogens is 502 g/mol. The van der Waals surface area contributed by atoms with Crippen LogP contribution in [0.25, 0.3) is 22.4 Å². The summed E-state index contributed by atoms with van der Waals surface area (Å²) in [6, 6.07) is 16.7. The summed E-state index contributed by atoms with van der Waals surface area (Å²) in [5, 5.41) is 24.5. The number of phenolic OH excluding ortho intramolecular Hbond substituents is 1. The highest BCUT2D eigenvalue weighted by Gasteiger charge is 2.34. The zero-order chi connectivity index (χ0) is 25.3. The van der Waals surface area contributed by atoms with E-state index in [1.807, 2.05) is 6.07 Å². The standard InChI is InChI=1S/C25H16Cl2F3N3O2/c1-33-21(11-17(12-31)32-33)18-7-9-22(35-13-14-2-5-16(26)6-3-14)23(24(18)34)15-4-8-20(27)19(10-15)25(28,29)30/h2-11,34H,13H2,1H3. The fraction of sp³-hybridized carbons (Fsp3) is 0.120. The molecule has 1 N–H and O–H groups in total. The van der Waals surface area contributed by atoms with Crippen molar-refractivity contribution >= 4 is 23.2 Å². The first-order chi connectivity index (χ1) is 16.6. The Morgan fingerprint density at radius 1 is 1.06 bits per heavy atom. The quantitative estimate of drug-likeness (QED) is 0.303. The molecule has 0 saturated heterocycles. The molecule has 4 aromatic rings. The topological polar surface area (TPSA) is 71.1 Å². The fourth-order valence-corrected chi connectivity index (χ4v) is 3.94. The van der Waals surface area contributed by atoms with Gasteiger partial charge in [-0.05, 0) is 47.5 Å². The summed E-state index contributed by atoms with van der Waals surface area (Å²) >= 11 is 11.7. The number of aromatic nitrogens is 2. The summed E-state index contributed by atoms with van der Waals surface area (Å²) < 4.78 is 48.0. The van der Waals surface area contributed by atoms with Gasteiger partial charge in [-0.3, -0.25) is 4.68 Å². The van der Waals surface area contributed by atoms with Crippen molar-refractivity contribution in [2.75, 3.05) is 0 Å². The molecule has 5 nitrogen and oxygen atoms in total. The van der Waals surface area contributed by atoms with Gasteiger partial charge in [0.1, 0.15) is 24.2 Å². The van der Waals surface area contributed by atoms with E-state index < -0.39 is 16.8 Å². The lowest BCUT2D eigenvalue weighted by atomic mass is 9.97. The van der Waals surface area contributed by atoms with Gasteiger partial charge in [0.25, 0.3) is 0 Å². The number of phenols is 1. The highest BCUT2D eigenvalue weighted by Crippen LogP contribution is 2.46. The number of nitrogens with zero attached hydrogens (tertiary/aromatic N) is 3. The summed E-state index contributed by atoms with van der Waals surface area (Å²) in [5.74, 6) is -0.180. The molecule has 0 fully saturated rings. The van der Waals surface area contributed by atoms with Gasteiger partial charge in [0, 0.05) is 23.7 Å². The SMILES string of the molecule is Cn1nc(C#N)cc1-c1ccc(OCc2ccc(Cl)cc2)c(-c2ccc(Cl)c(C(F)(F)F)c2)c1O. The van der Waals surface area contributed by atoms with E-state index in [2.05, 4.69) is 5.10 Å². The Morgan fingerprint density at radius 3 is 2.40 bits per heavy atom. The van der Waals surface area contributed by atoms with Crippen molar-refractivity contribution in [3.05, 3.63) is 87.5 Å². The molecule has 178 valence electrons. The molecular formula is C25H16Cl2F3N3O2. The van der Waals surface area contributed by atoms with Crippen LogP contribution in [0.1, 0.15) is 16.8 Å². The van der Waals surface area contributed by atoms with Crippen molar-refractivity contribution in [1.82, 2.24) is 9.78 Å². The van der Waals surface area contributed by atoms with Crippen LogP contribution in [-0.4, -0.2) is 14.9 Å². The van der Waals surface area contributed by atoms with Gasteiger partial charge in [0.05, 0.1) is 21.8 Å². The number of aromatic hydroxyl groups is 1. The molecule has 0 aliphatic carbocycles. The van der Waals surface area contributed by atoms with Gasteiger partial charge in [-0.25, -0.2) is 0 Å². The van der Waals surface area contributed by atoms with Crippen molar-refractivity contribution in [3.63, 3.8) is 0 Å². The van der Waals surface area contributed by atoms with Crippen LogP contribution in [0.2, 0.25) is 10.0 Å². The molecule has 0 aliphatic heterocycles. The van der Waals surface area contributed by atoms with Crippen LogP contribution in [0.4, 0.5) is 13.2 Å². The van der Waals surface area contributed by atoms with E-state index in [-0.39, 0.29) is 40.5 Å². The van der Waals surface area contributed by atoms with E-state index in [1.54, 1.807) is 43.4 Å². The zero-order valence-corrected chi connectivity index (χ0v) is 19.6. The molecule has 0 unspecified atom stereocenters. The Morgan fingerprint density at radius 2 is 1.77 bits per heavy atom. The molecule has 0 saturated carbocycles. The summed E-state index contributed by atoms with van der Waals surface area (Å²) in [4.78, 5) is 0. The Balaban J connectivity index is 1.87. The minimum atomic E-state index is -4.70. The minimum absolute atomic E-state index is 0.0401. The molecule has 3 aromatic carbocycles. The first-order valence-electron chi connectivity index (χ1n) is 10.1. The van der Waals surface area contributed by atoms with E-state index >= 15 is 0 Å². The Hall–Kier alpha value is -3.67. The normalized spacial score (nSPS) is 11.3. The average Bonchev–Trinajstić information content (AvgIpc) is 3.19. The Labute approximate surface area is 208 Å². The molecule has 0 spiro atoms. The van der Waals surface area contributed by atoms with E-state index in [1.165, 1.54) is 16.8 Å². The summed E-state index contributed by atoms with van der Waals surface area (Å²) in [6.07, 6.45) is -4.70. The van der Waals surface area contributed by atoms with E-state index in [0.717, 1.165) is 17.7 Å². The molecule has 1 aromatic heterocycles. The largest absolute Gasteiger partial charge is 0.506 e. The van der Waals surface area contributed by atoms with Gasteiger partial charge in [0.2, 0.25) is 0 Å². The third-order valence-corrected chi connectivity index (χ3v) is 5.86.